The quantitative estimate of drug-likeness (QED) is 0.393. The van der Waals surface area contributed by atoms with Crippen LogP contribution < -0.4 is 10.1 Å². The summed E-state index contributed by atoms with van der Waals surface area (Å²) in [5, 5.41) is 11.9. The predicted molar refractivity (Wildman–Crippen MR) is 109 cm³/mol. The van der Waals surface area contributed by atoms with Gasteiger partial charge in [-0.05, 0) is 55.5 Å². The second-order valence-electron chi connectivity index (χ2n) is 6.36. The van der Waals surface area contributed by atoms with Crippen LogP contribution in [-0.2, 0) is 11.0 Å². The van der Waals surface area contributed by atoms with Gasteiger partial charge >= 0.3 is 6.18 Å². The molecule has 2 aromatic carbocycles. The van der Waals surface area contributed by atoms with Gasteiger partial charge in [-0.25, -0.2) is 0 Å². The SMILES string of the molecule is CCOc1ccc(NC(=O)/C(C#N)=C/c2ccc(-c3cccc(C(F)(F)F)c3)o2)cc1. The Hall–Kier alpha value is -3.99. The number of carbonyl (C=O) groups is 1. The van der Waals surface area contributed by atoms with Crippen molar-refractivity contribution in [3.8, 4) is 23.1 Å². The fourth-order valence-corrected chi connectivity index (χ4v) is 2.72. The van der Waals surface area contributed by atoms with Crippen LogP contribution >= 0.6 is 0 Å². The summed E-state index contributed by atoms with van der Waals surface area (Å²) >= 11 is 0. The van der Waals surface area contributed by atoms with Gasteiger partial charge in [0.1, 0.15) is 28.9 Å². The predicted octanol–water partition coefficient (Wildman–Crippen LogP) is 5.91. The number of hydrogen-bond donors (Lipinski definition) is 1. The summed E-state index contributed by atoms with van der Waals surface area (Å²) in [6.45, 7) is 2.37. The van der Waals surface area contributed by atoms with Gasteiger partial charge in [0.25, 0.3) is 5.91 Å². The number of amides is 1. The van der Waals surface area contributed by atoms with E-state index in [1.54, 1.807) is 30.3 Å². The van der Waals surface area contributed by atoms with Crippen molar-refractivity contribution in [2.45, 2.75) is 13.1 Å². The van der Waals surface area contributed by atoms with E-state index >= 15 is 0 Å². The van der Waals surface area contributed by atoms with Crippen molar-refractivity contribution >= 4 is 17.7 Å². The van der Waals surface area contributed by atoms with E-state index < -0.39 is 17.6 Å². The van der Waals surface area contributed by atoms with Gasteiger partial charge in [-0.2, -0.15) is 18.4 Å². The highest BCUT2D eigenvalue weighted by molar-refractivity contribution is 6.09. The van der Waals surface area contributed by atoms with Crippen molar-refractivity contribution in [1.82, 2.24) is 0 Å². The van der Waals surface area contributed by atoms with Crippen molar-refractivity contribution in [3.05, 3.63) is 77.6 Å². The van der Waals surface area contributed by atoms with E-state index in [-0.39, 0.29) is 22.7 Å². The van der Waals surface area contributed by atoms with Crippen LogP contribution in [0.5, 0.6) is 5.75 Å². The van der Waals surface area contributed by atoms with Crippen LogP contribution in [0.2, 0.25) is 0 Å². The highest BCUT2D eigenvalue weighted by Gasteiger charge is 2.30. The lowest BCUT2D eigenvalue weighted by Crippen LogP contribution is -2.13. The van der Waals surface area contributed by atoms with E-state index in [4.69, 9.17) is 9.15 Å². The molecule has 0 unspecified atom stereocenters. The molecule has 0 aliphatic heterocycles. The summed E-state index contributed by atoms with van der Waals surface area (Å²) in [4.78, 5) is 12.4. The van der Waals surface area contributed by atoms with Crippen molar-refractivity contribution in [3.63, 3.8) is 0 Å². The fraction of sp³-hybridized carbons (Fsp3) is 0.130. The molecule has 1 amide bonds. The molecule has 0 aliphatic carbocycles. The van der Waals surface area contributed by atoms with Gasteiger partial charge in [0, 0.05) is 17.3 Å². The molecular formula is C23H17F3N2O3. The van der Waals surface area contributed by atoms with Crippen LogP contribution in [0.4, 0.5) is 18.9 Å². The van der Waals surface area contributed by atoms with E-state index in [2.05, 4.69) is 5.32 Å². The lowest BCUT2D eigenvalue weighted by molar-refractivity contribution is -0.137. The summed E-state index contributed by atoms with van der Waals surface area (Å²) in [6, 6.07) is 16.1. The number of rotatable bonds is 6. The zero-order valence-corrected chi connectivity index (χ0v) is 16.4. The summed E-state index contributed by atoms with van der Waals surface area (Å²) in [5.41, 5.74) is -0.324. The summed E-state index contributed by atoms with van der Waals surface area (Å²) < 4.78 is 49.6. The van der Waals surface area contributed by atoms with Crippen molar-refractivity contribution in [1.29, 1.82) is 5.26 Å². The zero-order valence-electron chi connectivity index (χ0n) is 16.4. The lowest BCUT2D eigenvalue weighted by atomic mass is 10.1. The fourth-order valence-electron chi connectivity index (χ4n) is 2.72. The molecule has 8 heteroatoms. The number of alkyl halides is 3. The summed E-state index contributed by atoms with van der Waals surface area (Å²) in [7, 11) is 0. The molecule has 1 heterocycles. The van der Waals surface area contributed by atoms with Gasteiger partial charge in [-0.3, -0.25) is 4.79 Å². The maximum atomic E-state index is 12.9. The number of ether oxygens (including phenoxy) is 1. The van der Waals surface area contributed by atoms with Crippen LogP contribution in [0.3, 0.4) is 0 Å². The van der Waals surface area contributed by atoms with Gasteiger partial charge in [-0.1, -0.05) is 12.1 Å². The standard InChI is InChI=1S/C23H17F3N2O3/c1-2-30-19-8-6-18(7-9-19)28-22(29)16(14-27)13-20-10-11-21(31-20)15-4-3-5-17(12-15)23(24,25)26/h3-13H,2H2,1H3,(H,28,29)/b16-13+. The first kappa shape index (κ1) is 21.7. The molecule has 158 valence electrons. The largest absolute Gasteiger partial charge is 0.494 e. The number of nitrogens with one attached hydrogen (secondary N) is 1. The molecule has 0 spiro atoms. The van der Waals surface area contributed by atoms with Gasteiger partial charge in [0.2, 0.25) is 0 Å². The Labute approximate surface area is 176 Å². The van der Waals surface area contributed by atoms with Gasteiger partial charge in [-0.15, -0.1) is 0 Å². The molecule has 0 aliphatic rings. The van der Waals surface area contributed by atoms with Crippen molar-refractivity contribution in [2.24, 2.45) is 0 Å². The lowest BCUT2D eigenvalue weighted by Gasteiger charge is -2.07. The molecule has 5 nitrogen and oxygen atoms in total. The molecular weight excluding hydrogens is 409 g/mol. The minimum absolute atomic E-state index is 0.158. The van der Waals surface area contributed by atoms with E-state index in [1.165, 1.54) is 30.3 Å². The molecule has 0 saturated heterocycles. The second kappa shape index (κ2) is 9.22. The van der Waals surface area contributed by atoms with Gasteiger partial charge in [0.05, 0.1) is 12.2 Å². The normalized spacial score (nSPS) is 11.6. The number of nitriles is 1. The van der Waals surface area contributed by atoms with Gasteiger partial charge in [0.15, 0.2) is 0 Å². The molecule has 31 heavy (non-hydrogen) atoms. The average Bonchev–Trinajstić information content (AvgIpc) is 3.22. The van der Waals surface area contributed by atoms with Crippen LogP contribution in [-0.4, -0.2) is 12.5 Å². The molecule has 1 aromatic heterocycles. The molecule has 1 N–H and O–H groups in total. The topological polar surface area (TPSA) is 75.3 Å². The Morgan fingerprint density at radius 2 is 1.90 bits per heavy atom. The third kappa shape index (κ3) is 5.54. The number of nitrogens with zero attached hydrogens (tertiary/aromatic N) is 1. The Kier molecular flexibility index (Phi) is 6.46. The molecule has 3 aromatic rings. The first-order valence-electron chi connectivity index (χ1n) is 9.23. The van der Waals surface area contributed by atoms with Crippen molar-refractivity contribution in [2.75, 3.05) is 11.9 Å². The number of hydrogen-bond acceptors (Lipinski definition) is 4. The van der Waals surface area contributed by atoms with E-state index in [0.29, 0.717) is 18.0 Å². The Morgan fingerprint density at radius 3 is 2.55 bits per heavy atom. The number of carbonyl (C=O) groups excluding carboxylic acids is 1. The third-order valence-corrected chi connectivity index (χ3v) is 4.18. The molecule has 0 bridgehead atoms. The number of anilines is 1. The van der Waals surface area contributed by atoms with E-state index in [9.17, 15) is 23.2 Å². The van der Waals surface area contributed by atoms with Gasteiger partial charge < -0.3 is 14.5 Å². The van der Waals surface area contributed by atoms with Crippen LogP contribution in [0, 0.1) is 11.3 Å². The highest BCUT2D eigenvalue weighted by Crippen LogP contribution is 2.33. The average molecular weight is 426 g/mol. The number of furan rings is 1. The Bertz CT molecular complexity index is 1140. The smallest absolute Gasteiger partial charge is 0.416 e. The number of halogens is 3. The third-order valence-electron chi connectivity index (χ3n) is 4.18. The second-order valence-corrected chi connectivity index (χ2v) is 6.36. The summed E-state index contributed by atoms with van der Waals surface area (Å²) in [5.74, 6) is 0.338. The van der Waals surface area contributed by atoms with Crippen LogP contribution in [0.15, 0.2) is 70.7 Å². The van der Waals surface area contributed by atoms with Crippen LogP contribution in [0.1, 0.15) is 18.2 Å². The maximum Gasteiger partial charge on any atom is 0.416 e. The Balaban J connectivity index is 1.77. The first-order chi connectivity index (χ1) is 14.8. The highest BCUT2D eigenvalue weighted by atomic mass is 19.4. The monoisotopic (exact) mass is 426 g/mol. The molecule has 0 radical (unpaired) electrons. The molecule has 0 atom stereocenters. The minimum Gasteiger partial charge on any atom is -0.494 e. The maximum absolute atomic E-state index is 12.9. The molecule has 0 fully saturated rings. The molecule has 3 rings (SSSR count). The van der Waals surface area contributed by atoms with Crippen molar-refractivity contribution < 1.29 is 27.1 Å². The zero-order chi connectivity index (χ0) is 22.4. The van der Waals surface area contributed by atoms with Crippen LogP contribution in [0.25, 0.3) is 17.4 Å². The van der Waals surface area contributed by atoms with E-state index in [0.717, 1.165) is 12.1 Å². The number of benzene rings is 2. The minimum atomic E-state index is -4.47. The summed E-state index contributed by atoms with van der Waals surface area (Å²) in [6.07, 6.45) is -3.25. The first-order valence-corrected chi connectivity index (χ1v) is 9.23. The van der Waals surface area contributed by atoms with E-state index in [1.807, 2.05) is 6.92 Å². The molecule has 0 saturated carbocycles. The Morgan fingerprint density at radius 1 is 1.16 bits per heavy atom.